The van der Waals surface area contributed by atoms with Gasteiger partial charge in [0.15, 0.2) is 6.19 Å². The number of carbonyl (C=O) groups is 2. The number of halogens is 2. The van der Waals surface area contributed by atoms with E-state index in [1.165, 1.54) is 4.90 Å². The Morgan fingerprint density at radius 1 is 1.15 bits per heavy atom. The molecule has 4 rings (SSSR count). The van der Waals surface area contributed by atoms with Crippen molar-refractivity contribution in [3.8, 4) is 6.19 Å². The van der Waals surface area contributed by atoms with Gasteiger partial charge in [-0.2, -0.15) is 14.0 Å². The number of amides is 2. The summed E-state index contributed by atoms with van der Waals surface area (Å²) in [5, 5.41) is 12.9. The van der Waals surface area contributed by atoms with E-state index in [9.17, 15) is 23.6 Å². The quantitative estimate of drug-likeness (QED) is 0.459. The van der Waals surface area contributed by atoms with Gasteiger partial charge in [0.25, 0.3) is 5.91 Å². The lowest BCUT2D eigenvalue weighted by atomic mass is 9.87. The van der Waals surface area contributed by atoms with Gasteiger partial charge in [-0.25, -0.2) is 0 Å². The molecule has 1 aliphatic heterocycles. The van der Waals surface area contributed by atoms with Crippen molar-refractivity contribution in [2.75, 3.05) is 11.4 Å². The van der Waals surface area contributed by atoms with E-state index in [0.717, 1.165) is 42.6 Å². The lowest BCUT2D eigenvalue weighted by molar-refractivity contribution is -0.158. The Morgan fingerprint density at radius 2 is 1.85 bits per heavy atom. The first kappa shape index (κ1) is 29.4. The first-order chi connectivity index (χ1) is 19.1. The van der Waals surface area contributed by atoms with E-state index in [1.54, 1.807) is 36.7 Å². The van der Waals surface area contributed by atoms with Gasteiger partial charge in [-0.1, -0.05) is 58.2 Å². The monoisotopic (exact) mass is 553 g/mol. The van der Waals surface area contributed by atoms with Crippen molar-refractivity contribution in [3.63, 3.8) is 0 Å². The average molecular weight is 554 g/mol. The minimum Gasteiger partial charge on any atom is -0.351 e. The van der Waals surface area contributed by atoms with Gasteiger partial charge < -0.3 is 10.1 Å². The Bertz CT molecular complexity index is 1190. The maximum Gasteiger partial charge on any atom is 0.345 e. The van der Waals surface area contributed by atoms with Crippen LogP contribution in [0.4, 0.5) is 14.5 Å². The van der Waals surface area contributed by atoms with Crippen LogP contribution in [-0.4, -0.2) is 53.0 Å². The van der Waals surface area contributed by atoms with Gasteiger partial charge in [0.05, 0.1) is 12.6 Å². The zero-order valence-corrected chi connectivity index (χ0v) is 23.2. The summed E-state index contributed by atoms with van der Waals surface area (Å²) in [6.07, 6.45) is 8.87. The van der Waals surface area contributed by atoms with Crippen molar-refractivity contribution in [1.82, 2.24) is 15.2 Å². The minimum atomic E-state index is -3.02. The van der Waals surface area contributed by atoms with Crippen molar-refractivity contribution < 1.29 is 23.1 Å². The van der Waals surface area contributed by atoms with E-state index >= 15 is 0 Å². The van der Waals surface area contributed by atoms with Crippen molar-refractivity contribution in [1.29, 1.82) is 5.26 Å². The predicted molar refractivity (Wildman–Crippen MR) is 146 cm³/mol. The molecule has 40 heavy (non-hydrogen) atoms. The van der Waals surface area contributed by atoms with Crippen LogP contribution in [0, 0.1) is 11.5 Å². The molecule has 3 unspecified atom stereocenters. The van der Waals surface area contributed by atoms with Crippen LogP contribution in [0.2, 0.25) is 0 Å². The molecule has 1 N–H and O–H groups in total. The Morgan fingerprint density at radius 3 is 2.42 bits per heavy atom. The smallest absolute Gasteiger partial charge is 0.345 e. The molecule has 1 aliphatic carbocycles. The van der Waals surface area contributed by atoms with Gasteiger partial charge in [0.1, 0.15) is 12.1 Å². The SMILES string of the molecule is CC(C)(C)c1ccc(N(C(=O)C2CC(OC(F)F)CN2C#N)C(C(=O)NC2CCCCC2)c2cccnc2)cc1. The van der Waals surface area contributed by atoms with Crippen molar-refractivity contribution in [2.45, 2.75) is 95.6 Å². The number of aromatic nitrogens is 1. The molecule has 2 heterocycles. The first-order valence-corrected chi connectivity index (χ1v) is 13.8. The van der Waals surface area contributed by atoms with Gasteiger partial charge in [0, 0.05) is 36.1 Å². The van der Waals surface area contributed by atoms with E-state index in [1.807, 2.05) is 18.3 Å². The highest BCUT2D eigenvalue weighted by Crippen LogP contribution is 2.34. The zero-order chi connectivity index (χ0) is 28.9. The van der Waals surface area contributed by atoms with Crippen molar-refractivity contribution in [3.05, 3.63) is 59.9 Å². The molecule has 1 aromatic heterocycles. The summed E-state index contributed by atoms with van der Waals surface area (Å²) in [6.45, 7) is 3.07. The third-order valence-corrected chi connectivity index (χ3v) is 7.68. The number of pyridine rings is 1. The number of nitriles is 1. The molecule has 2 fully saturated rings. The molecular formula is C30H37F2N5O3. The van der Waals surface area contributed by atoms with Crippen molar-refractivity contribution in [2.24, 2.45) is 0 Å². The standard InChI is InChI=1S/C30H37F2N5O3/c1-30(2,3)21-11-13-23(14-12-21)37(28(39)25-16-24(40-29(31)32)18-36(25)19-33)26(20-8-7-15-34-17-20)27(38)35-22-9-5-4-6-10-22/h7-8,11-15,17,22,24-26,29H,4-6,9-10,16,18H2,1-3H3,(H,35,38). The second-order valence-electron chi connectivity index (χ2n) is 11.6. The first-order valence-electron chi connectivity index (χ1n) is 13.8. The van der Waals surface area contributed by atoms with E-state index in [-0.39, 0.29) is 30.3 Å². The van der Waals surface area contributed by atoms with E-state index in [2.05, 4.69) is 35.8 Å². The number of likely N-dealkylation sites (tertiary alicyclic amines) is 1. The van der Waals surface area contributed by atoms with Gasteiger partial charge in [-0.15, -0.1) is 0 Å². The molecule has 2 aliphatic rings. The molecule has 0 bridgehead atoms. The molecule has 10 heteroatoms. The molecule has 0 radical (unpaired) electrons. The van der Waals surface area contributed by atoms with Crippen LogP contribution in [0.1, 0.15) is 76.5 Å². The fraction of sp³-hybridized carbons (Fsp3) is 0.533. The molecule has 8 nitrogen and oxygen atoms in total. The molecule has 0 spiro atoms. The number of alkyl halides is 2. The summed E-state index contributed by atoms with van der Waals surface area (Å²) in [5.41, 5.74) is 1.86. The Labute approximate surface area is 234 Å². The van der Waals surface area contributed by atoms with Gasteiger partial charge in [-0.05, 0) is 42.0 Å². The fourth-order valence-electron chi connectivity index (χ4n) is 5.55. The highest BCUT2D eigenvalue weighted by Gasteiger charge is 2.44. The largest absolute Gasteiger partial charge is 0.351 e. The summed E-state index contributed by atoms with van der Waals surface area (Å²) in [7, 11) is 0. The van der Waals surface area contributed by atoms with Crippen LogP contribution in [0.3, 0.4) is 0 Å². The van der Waals surface area contributed by atoms with Crippen LogP contribution in [0.15, 0.2) is 48.8 Å². The summed E-state index contributed by atoms with van der Waals surface area (Å²) in [6, 6.07) is 8.67. The number of hydrogen-bond donors (Lipinski definition) is 1. The van der Waals surface area contributed by atoms with Gasteiger partial charge in [0.2, 0.25) is 5.91 Å². The fourth-order valence-corrected chi connectivity index (χ4v) is 5.55. The number of benzene rings is 1. The summed E-state index contributed by atoms with van der Waals surface area (Å²) in [5.74, 6) is -0.895. The summed E-state index contributed by atoms with van der Waals surface area (Å²) in [4.78, 5) is 35.1. The maximum absolute atomic E-state index is 14.3. The molecule has 2 amide bonds. The molecule has 214 valence electrons. The maximum atomic E-state index is 14.3. The van der Waals surface area contributed by atoms with Crippen LogP contribution in [0.5, 0.6) is 0 Å². The number of nitrogens with one attached hydrogen (secondary N) is 1. The minimum absolute atomic E-state index is 0.00782. The third kappa shape index (κ3) is 6.94. The topological polar surface area (TPSA) is 98.6 Å². The number of nitrogens with zero attached hydrogens (tertiary/aromatic N) is 4. The van der Waals surface area contributed by atoms with Crippen LogP contribution < -0.4 is 10.2 Å². The Balaban J connectivity index is 1.77. The second-order valence-corrected chi connectivity index (χ2v) is 11.6. The number of hydrogen-bond acceptors (Lipinski definition) is 6. The molecular weight excluding hydrogens is 516 g/mol. The summed E-state index contributed by atoms with van der Waals surface area (Å²) < 4.78 is 30.7. The lowest BCUT2D eigenvalue weighted by Gasteiger charge is -2.35. The van der Waals surface area contributed by atoms with Gasteiger partial charge in [-0.3, -0.25) is 24.4 Å². The zero-order valence-electron chi connectivity index (χ0n) is 23.2. The molecule has 1 saturated heterocycles. The normalized spacial score (nSPS) is 20.7. The van der Waals surface area contributed by atoms with E-state index in [4.69, 9.17) is 0 Å². The highest BCUT2D eigenvalue weighted by molar-refractivity contribution is 6.04. The van der Waals surface area contributed by atoms with Crippen molar-refractivity contribution >= 4 is 17.5 Å². The number of carbonyl (C=O) groups excluding carboxylic acids is 2. The third-order valence-electron chi connectivity index (χ3n) is 7.68. The number of ether oxygens (including phenoxy) is 1. The average Bonchev–Trinajstić information content (AvgIpc) is 3.34. The summed E-state index contributed by atoms with van der Waals surface area (Å²) >= 11 is 0. The predicted octanol–water partition coefficient (Wildman–Crippen LogP) is 5.07. The second kappa shape index (κ2) is 12.7. The molecule has 1 saturated carbocycles. The van der Waals surface area contributed by atoms with Gasteiger partial charge >= 0.3 is 6.61 Å². The Kier molecular flexibility index (Phi) is 9.36. The highest BCUT2D eigenvalue weighted by atomic mass is 19.3. The Hall–Kier alpha value is -3.58. The van der Waals surface area contributed by atoms with E-state index < -0.39 is 30.7 Å². The van der Waals surface area contributed by atoms with Crippen LogP contribution in [0.25, 0.3) is 0 Å². The molecule has 1 aromatic carbocycles. The molecule has 3 atom stereocenters. The number of rotatable bonds is 8. The number of anilines is 1. The van der Waals surface area contributed by atoms with Crippen LogP contribution in [-0.2, 0) is 19.7 Å². The van der Waals surface area contributed by atoms with Crippen LogP contribution >= 0.6 is 0 Å². The molecule has 2 aromatic rings. The lowest BCUT2D eigenvalue weighted by Crippen LogP contribution is -2.51. The van der Waals surface area contributed by atoms with E-state index in [0.29, 0.717) is 11.3 Å².